The van der Waals surface area contributed by atoms with Crippen LogP contribution < -0.4 is 15.9 Å². The number of nitrogens with zero attached hydrogens (tertiary/aromatic N) is 1. The average molecular weight is 381 g/mol. The van der Waals surface area contributed by atoms with Crippen LogP contribution in [0.25, 0.3) is 23.6 Å². The lowest BCUT2D eigenvalue weighted by Crippen LogP contribution is -2.43. The van der Waals surface area contributed by atoms with Crippen molar-refractivity contribution in [2.24, 2.45) is 0 Å². The predicted octanol–water partition coefficient (Wildman–Crippen LogP) is 2.33. The van der Waals surface area contributed by atoms with Crippen molar-refractivity contribution >= 4 is 23.6 Å². The highest BCUT2D eigenvalue weighted by Crippen LogP contribution is 2.20. The maximum absolute atomic E-state index is 13.7. The maximum Gasteiger partial charge on any atom is 0.123 e. The van der Waals surface area contributed by atoms with Crippen LogP contribution in [0.15, 0.2) is 18.2 Å². The standard InChI is InChI=1S/C23H29FN4/c1-15-19(5-4-10-28-11-8-25-9-12-28)16(2)27-23(15)14-20-17(3)26-22-7-6-18(24)13-21(20)22/h6-7,13-14,25-27H,3-5,8-12H2,1-2H3/b20-14+. The van der Waals surface area contributed by atoms with E-state index in [1.807, 2.05) is 0 Å². The van der Waals surface area contributed by atoms with Crippen LogP contribution in [-0.2, 0) is 6.42 Å². The smallest absolute Gasteiger partial charge is 0.123 e. The Morgan fingerprint density at radius 2 is 1.96 bits per heavy atom. The zero-order chi connectivity index (χ0) is 19.7. The van der Waals surface area contributed by atoms with Gasteiger partial charge in [0.05, 0.1) is 0 Å². The number of fused-ring (bicyclic) bond motifs is 1. The largest absolute Gasteiger partial charge is 0.359 e. The number of aromatic nitrogens is 2. The molecule has 1 aromatic carbocycles. The molecule has 1 aliphatic heterocycles. The third-order valence-electron chi connectivity index (χ3n) is 5.91. The number of hydrogen-bond acceptors (Lipinski definition) is 2. The summed E-state index contributed by atoms with van der Waals surface area (Å²) in [6, 6.07) is 4.82. The Morgan fingerprint density at radius 1 is 1.18 bits per heavy atom. The number of piperazine rings is 1. The van der Waals surface area contributed by atoms with Crippen molar-refractivity contribution in [2.45, 2.75) is 26.7 Å². The van der Waals surface area contributed by atoms with Gasteiger partial charge in [0.2, 0.25) is 0 Å². The number of H-pyrrole nitrogens is 2. The molecule has 0 bridgehead atoms. The van der Waals surface area contributed by atoms with E-state index in [-0.39, 0.29) is 5.82 Å². The minimum atomic E-state index is -0.228. The van der Waals surface area contributed by atoms with E-state index in [1.165, 1.54) is 22.9 Å². The van der Waals surface area contributed by atoms with Gasteiger partial charge >= 0.3 is 0 Å². The fourth-order valence-electron chi connectivity index (χ4n) is 4.30. The molecule has 0 unspecified atom stereocenters. The minimum absolute atomic E-state index is 0.228. The molecule has 4 nitrogen and oxygen atoms in total. The third kappa shape index (κ3) is 3.77. The molecule has 0 radical (unpaired) electrons. The van der Waals surface area contributed by atoms with Gasteiger partial charge in [-0.05, 0) is 68.6 Å². The highest BCUT2D eigenvalue weighted by Gasteiger charge is 2.13. The van der Waals surface area contributed by atoms with Crippen molar-refractivity contribution < 1.29 is 4.39 Å². The first kappa shape index (κ1) is 19.0. The van der Waals surface area contributed by atoms with Crippen LogP contribution in [0.4, 0.5) is 4.39 Å². The summed E-state index contributed by atoms with van der Waals surface area (Å²) in [5.74, 6) is -0.228. The molecule has 3 aromatic rings. The van der Waals surface area contributed by atoms with Gasteiger partial charge in [-0.2, -0.15) is 0 Å². The quantitative estimate of drug-likeness (QED) is 0.636. The number of hydrogen-bond donors (Lipinski definition) is 3. The van der Waals surface area contributed by atoms with E-state index >= 15 is 0 Å². The number of nitrogens with one attached hydrogen (secondary N) is 3. The number of benzene rings is 1. The number of halogens is 1. The lowest BCUT2D eigenvalue weighted by Gasteiger charge is -2.27. The topological polar surface area (TPSA) is 46.9 Å². The number of rotatable bonds is 5. The molecule has 0 aliphatic carbocycles. The fourth-order valence-corrected chi connectivity index (χ4v) is 4.30. The van der Waals surface area contributed by atoms with Crippen LogP contribution in [0.3, 0.4) is 0 Å². The van der Waals surface area contributed by atoms with E-state index < -0.39 is 0 Å². The highest BCUT2D eigenvalue weighted by molar-refractivity contribution is 5.82. The third-order valence-corrected chi connectivity index (χ3v) is 5.91. The van der Waals surface area contributed by atoms with Crippen molar-refractivity contribution in [1.29, 1.82) is 0 Å². The first-order valence-electron chi connectivity index (χ1n) is 10.1. The summed E-state index contributed by atoms with van der Waals surface area (Å²) in [6.07, 6.45) is 4.34. The van der Waals surface area contributed by atoms with Crippen LogP contribution in [0.1, 0.15) is 28.9 Å². The molecule has 3 heterocycles. The molecular weight excluding hydrogens is 351 g/mol. The van der Waals surface area contributed by atoms with Crippen molar-refractivity contribution in [3.8, 4) is 0 Å². The molecule has 1 fully saturated rings. The van der Waals surface area contributed by atoms with Crippen LogP contribution in [-0.4, -0.2) is 47.6 Å². The second kappa shape index (κ2) is 7.94. The molecule has 0 saturated carbocycles. The van der Waals surface area contributed by atoms with Gasteiger partial charge < -0.3 is 20.2 Å². The maximum atomic E-state index is 13.7. The van der Waals surface area contributed by atoms with Crippen molar-refractivity contribution in [2.75, 3.05) is 32.7 Å². The Bertz CT molecular complexity index is 1090. The Hall–Kier alpha value is -2.37. The van der Waals surface area contributed by atoms with Gasteiger partial charge in [-0.15, -0.1) is 0 Å². The van der Waals surface area contributed by atoms with Crippen molar-refractivity contribution in [1.82, 2.24) is 20.2 Å². The van der Waals surface area contributed by atoms with Gasteiger partial charge in [-0.3, -0.25) is 0 Å². The molecule has 4 rings (SSSR count). The van der Waals surface area contributed by atoms with Gasteiger partial charge in [0.25, 0.3) is 0 Å². The SMILES string of the molecule is C=c1[nH]c2ccc(F)cc2/c1=C/c1[nH]c(C)c(CCCN2CCNCC2)c1C. The normalized spacial score (nSPS) is 16.3. The van der Waals surface area contributed by atoms with Crippen molar-refractivity contribution in [3.05, 3.63) is 57.1 Å². The van der Waals surface area contributed by atoms with E-state index in [2.05, 4.69) is 46.7 Å². The number of aromatic amines is 2. The summed E-state index contributed by atoms with van der Waals surface area (Å²) >= 11 is 0. The molecule has 148 valence electrons. The highest BCUT2D eigenvalue weighted by atomic mass is 19.1. The van der Waals surface area contributed by atoms with Crippen LogP contribution in [0.5, 0.6) is 0 Å². The van der Waals surface area contributed by atoms with Gasteiger partial charge in [-0.25, -0.2) is 4.39 Å². The molecule has 1 saturated heterocycles. The van der Waals surface area contributed by atoms with E-state index in [9.17, 15) is 4.39 Å². The first-order valence-corrected chi connectivity index (χ1v) is 10.1. The zero-order valence-electron chi connectivity index (χ0n) is 16.8. The van der Waals surface area contributed by atoms with Crippen LogP contribution in [0.2, 0.25) is 0 Å². The summed E-state index contributed by atoms with van der Waals surface area (Å²) in [5.41, 5.74) is 5.90. The minimum Gasteiger partial charge on any atom is -0.359 e. The number of aryl methyl sites for hydroxylation is 1. The molecule has 1 aliphatic rings. The lowest BCUT2D eigenvalue weighted by atomic mass is 10.0. The first-order chi connectivity index (χ1) is 13.5. The van der Waals surface area contributed by atoms with E-state index in [1.54, 1.807) is 12.1 Å². The molecule has 5 heteroatoms. The zero-order valence-corrected chi connectivity index (χ0v) is 16.8. The Morgan fingerprint density at radius 3 is 2.75 bits per heavy atom. The molecular formula is C23H29FN4. The molecule has 0 amide bonds. The van der Waals surface area contributed by atoms with E-state index in [0.717, 1.165) is 72.7 Å². The fraction of sp³-hybridized carbons (Fsp3) is 0.391. The molecule has 0 atom stereocenters. The molecule has 3 N–H and O–H groups in total. The lowest BCUT2D eigenvalue weighted by molar-refractivity contribution is 0.238. The Labute approximate surface area is 165 Å². The van der Waals surface area contributed by atoms with Crippen molar-refractivity contribution in [3.63, 3.8) is 0 Å². The summed E-state index contributed by atoms with van der Waals surface area (Å²) in [6.45, 7) is 14.1. The average Bonchev–Trinajstić information content (AvgIpc) is 3.13. The van der Waals surface area contributed by atoms with Gasteiger partial charge in [-0.1, -0.05) is 6.58 Å². The Balaban J connectivity index is 1.59. The molecule has 0 spiro atoms. The van der Waals surface area contributed by atoms with E-state index in [4.69, 9.17) is 0 Å². The van der Waals surface area contributed by atoms with Crippen LogP contribution in [0, 0.1) is 19.7 Å². The summed E-state index contributed by atoms with van der Waals surface area (Å²) in [7, 11) is 0. The predicted molar refractivity (Wildman–Crippen MR) is 114 cm³/mol. The van der Waals surface area contributed by atoms with Gasteiger partial charge in [0, 0.05) is 59.0 Å². The van der Waals surface area contributed by atoms with Gasteiger partial charge in [0.1, 0.15) is 5.82 Å². The van der Waals surface area contributed by atoms with Crippen LogP contribution >= 0.6 is 0 Å². The molecule has 2 aromatic heterocycles. The summed E-state index contributed by atoms with van der Waals surface area (Å²) < 4.78 is 13.7. The summed E-state index contributed by atoms with van der Waals surface area (Å²) in [4.78, 5) is 9.32. The molecule has 28 heavy (non-hydrogen) atoms. The summed E-state index contributed by atoms with van der Waals surface area (Å²) in [5, 5.41) is 6.04. The van der Waals surface area contributed by atoms with Gasteiger partial charge in [0.15, 0.2) is 0 Å². The second-order valence-corrected chi connectivity index (χ2v) is 7.81. The Kier molecular flexibility index (Phi) is 5.38. The van der Waals surface area contributed by atoms with E-state index in [0.29, 0.717) is 0 Å². The second-order valence-electron chi connectivity index (χ2n) is 7.81. The monoisotopic (exact) mass is 380 g/mol.